The van der Waals surface area contributed by atoms with E-state index in [0.29, 0.717) is 16.9 Å². The van der Waals surface area contributed by atoms with Crippen molar-refractivity contribution in [2.45, 2.75) is 18.9 Å². The van der Waals surface area contributed by atoms with Crippen molar-refractivity contribution >= 4 is 29.0 Å². The lowest BCUT2D eigenvalue weighted by molar-refractivity contribution is 0.732. The molecule has 2 heterocycles. The molecule has 0 spiro atoms. The van der Waals surface area contributed by atoms with E-state index in [2.05, 4.69) is 14.9 Å². The Balaban J connectivity index is 2.26. The predicted molar refractivity (Wildman–Crippen MR) is 58.1 cm³/mol. The van der Waals surface area contributed by atoms with E-state index in [1.165, 1.54) is 6.33 Å². The highest BCUT2D eigenvalue weighted by Crippen LogP contribution is 2.29. The predicted octanol–water partition coefficient (Wildman–Crippen LogP) is 2.34. The van der Waals surface area contributed by atoms with Gasteiger partial charge in [-0.15, -0.1) is 11.6 Å². The number of hydrogen-bond acceptors (Lipinski definition) is 3. The van der Waals surface area contributed by atoms with Gasteiger partial charge in [0.2, 0.25) is 0 Å². The van der Waals surface area contributed by atoms with E-state index < -0.39 is 0 Å². The molecule has 0 amide bonds. The molecule has 1 saturated heterocycles. The van der Waals surface area contributed by atoms with Gasteiger partial charge in [-0.1, -0.05) is 11.6 Å². The van der Waals surface area contributed by atoms with Gasteiger partial charge in [0.25, 0.3) is 0 Å². The van der Waals surface area contributed by atoms with Gasteiger partial charge in [-0.05, 0) is 12.8 Å². The fourth-order valence-corrected chi connectivity index (χ4v) is 2.33. The van der Waals surface area contributed by atoms with Gasteiger partial charge in [0, 0.05) is 18.5 Å². The molecule has 0 aromatic carbocycles. The molecule has 2 rings (SSSR count). The van der Waals surface area contributed by atoms with Crippen LogP contribution in [0.5, 0.6) is 0 Å². The third kappa shape index (κ3) is 1.79. The summed E-state index contributed by atoms with van der Waals surface area (Å²) >= 11 is 11.9. The molecule has 1 aliphatic heterocycles. The molecule has 3 nitrogen and oxygen atoms in total. The summed E-state index contributed by atoms with van der Waals surface area (Å²) in [5, 5.41) is 0.601. The van der Waals surface area contributed by atoms with E-state index in [1.54, 1.807) is 6.20 Å². The van der Waals surface area contributed by atoms with Gasteiger partial charge in [-0.25, -0.2) is 9.97 Å². The zero-order valence-electron chi connectivity index (χ0n) is 7.66. The largest absolute Gasteiger partial charge is 0.351 e. The Kier molecular flexibility index (Phi) is 3.08. The van der Waals surface area contributed by atoms with Crippen LogP contribution in [0.3, 0.4) is 0 Å². The molecule has 5 heteroatoms. The minimum absolute atomic E-state index is 0.365. The summed E-state index contributed by atoms with van der Waals surface area (Å²) in [6, 6.07) is 0.365. The number of nitrogens with zero attached hydrogens (tertiary/aromatic N) is 3. The molecule has 0 N–H and O–H groups in total. The Labute approximate surface area is 93.1 Å². The number of rotatable bonds is 2. The first-order valence-electron chi connectivity index (χ1n) is 4.61. The summed E-state index contributed by atoms with van der Waals surface area (Å²) in [6.07, 6.45) is 5.40. The highest BCUT2D eigenvalue weighted by Gasteiger charge is 2.26. The third-order valence-electron chi connectivity index (χ3n) is 2.48. The average Bonchev–Trinajstić information content (AvgIpc) is 2.66. The van der Waals surface area contributed by atoms with Crippen molar-refractivity contribution in [3.63, 3.8) is 0 Å². The van der Waals surface area contributed by atoms with Crippen LogP contribution >= 0.6 is 23.2 Å². The Morgan fingerprint density at radius 2 is 2.43 bits per heavy atom. The molecule has 0 saturated carbocycles. The number of aromatic nitrogens is 2. The maximum Gasteiger partial charge on any atom is 0.151 e. The zero-order valence-corrected chi connectivity index (χ0v) is 9.17. The molecule has 1 unspecified atom stereocenters. The molecule has 1 aromatic heterocycles. The fourth-order valence-electron chi connectivity index (χ4n) is 1.79. The van der Waals surface area contributed by atoms with Gasteiger partial charge in [0.1, 0.15) is 11.3 Å². The molecule has 0 aliphatic carbocycles. The van der Waals surface area contributed by atoms with Gasteiger partial charge in [0.05, 0.1) is 6.20 Å². The zero-order chi connectivity index (χ0) is 9.97. The van der Waals surface area contributed by atoms with Crippen LogP contribution in [0, 0.1) is 0 Å². The minimum Gasteiger partial charge on any atom is -0.351 e. The summed E-state index contributed by atoms with van der Waals surface area (Å²) < 4.78 is 0. The lowest BCUT2D eigenvalue weighted by Gasteiger charge is -2.24. The maximum absolute atomic E-state index is 6.02. The normalized spacial score (nSPS) is 21.6. The lowest BCUT2D eigenvalue weighted by atomic mass is 10.2. The number of alkyl halides is 1. The molecule has 1 aromatic rings. The molecule has 1 fully saturated rings. The second-order valence-electron chi connectivity index (χ2n) is 3.34. The standard InChI is InChI=1S/C9H11Cl2N3/c10-4-7-2-1-3-14(7)9-8(11)5-12-6-13-9/h5-7H,1-4H2. The first kappa shape index (κ1) is 9.99. The van der Waals surface area contributed by atoms with Crippen molar-refractivity contribution in [3.8, 4) is 0 Å². The third-order valence-corrected chi connectivity index (χ3v) is 3.10. The second kappa shape index (κ2) is 4.32. The summed E-state index contributed by atoms with van der Waals surface area (Å²) in [7, 11) is 0. The van der Waals surface area contributed by atoms with E-state index in [1.807, 2.05) is 0 Å². The van der Waals surface area contributed by atoms with Gasteiger partial charge in [0.15, 0.2) is 5.82 Å². The molecular formula is C9H11Cl2N3. The second-order valence-corrected chi connectivity index (χ2v) is 4.05. The van der Waals surface area contributed by atoms with Crippen LogP contribution in [0.4, 0.5) is 5.82 Å². The van der Waals surface area contributed by atoms with Gasteiger partial charge in [-0.2, -0.15) is 0 Å². The Bertz CT molecular complexity index is 319. The van der Waals surface area contributed by atoms with Gasteiger partial charge in [-0.3, -0.25) is 0 Å². The van der Waals surface area contributed by atoms with Crippen molar-refractivity contribution in [3.05, 3.63) is 17.5 Å². The molecule has 0 radical (unpaired) electrons. The number of halogens is 2. The molecule has 1 atom stereocenters. The van der Waals surface area contributed by atoms with Crippen LogP contribution in [-0.4, -0.2) is 28.4 Å². The number of anilines is 1. The summed E-state index contributed by atoms with van der Waals surface area (Å²) in [5.74, 6) is 1.44. The average molecular weight is 232 g/mol. The highest BCUT2D eigenvalue weighted by molar-refractivity contribution is 6.32. The first-order chi connectivity index (χ1) is 6.83. The lowest BCUT2D eigenvalue weighted by Crippen LogP contribution is -2.31. The van der Waals surface area contributed by atoms with Crippen molar-refractivity contribution in [2.75, 3.05) is 17.3 Å². The van der Waals surface area contributed by atoms with Crippen LogP contribution in [-0.2, 0) is 0 Å². The SMILES string of the molecule is ClCC1CCCN1c1ncncc1Cl. The van der Waals surface area contributed by atoms with Crippen molar-refractivity contribution < 1.29 is 0 Å². The summed E-state index contributed by atoms with van der Waals surface area (Å²) in [6.45, 7) is 0.980. The molecule has 0 bridgehead atoms. The smallest absolute Gasteiger partial charge is 0.151 e. The van der Waals surface area contributed by atoms with Gasteiger partial charge < -0.3 is 4.90 Å². The fraction of sp³-hybridized carbons (Fsp3) is 0.556. The topological polar surface area (TPSA) is 29.0 Å². The van der Waals surface area contributed by atoms with E-state index in [-0.39, 0.29) is 0 Å². The van der Waals surface area contributed by atoms with E-state index in [9.17, 15) is 0 Å². The monoisotopic (exact) mass is 231 g/mol. The van der Waals surface area contributed by atoms with Crippen LogP contribution in [0.1, 0.15) is 12.8 Å². The molecular weight excluding hydrogens is 221 g/mol. The molecule has 76 valence electrons. The Morgan fingerprint density at radius 3 is 3.14 bits per heavy atom. The molecule has 1 aliphatic rings. The van der Waals surface area contributed by atoms with E-state index in [0.717, 1.165) is 25.2 Å². The number of hydrogen-bond donors (Lipinski definition) is 0. The summed E-state index contributed by atoms with van der Waals surface area (Å²) in [4.78, 5) is 10.2. The minimum atomic E-state index is 0.365. The van der Waals surface area contributed by atoms with Crippen LogP contribution in [0.2, 0.25) is 5.02 Å². The van der Waals surface area contributed by atoms with Crippen molar-refractivity contribution in [1.29, 1.82) is 0 Å². The van der Waals surface area contributed by atoms with Crippen molar-refractivity contribution in [1.82, 2.24) is 9.97 Å². The first-order valence-corrected chi connectivity index (χ1v) is 5.52. The molecule has 14 heavy (non-hydrogen) atoms. The quantitative estimate of drug-likeness (QED) is 0.733. The van der Waals surface area contributed by atoms with Crippen LogP contribution < -0.4 is 4.90 Å². The van der Waals surface area contributed by atoms with Crippen LogP contribution in [0.15, 0.2) is 12.5 Å². The van der Waals surface area contributed by atoms with Crippen molar-refractivity contribution in [2.24, 2.45) is 0 Å². The van der Waals surface area contributed by atoms with Crippen LogP contribution in [0.25, 0.3) is 0 Å². The van der Waals surface area contributed by atoms with E-state index in [4.69, 9.17) is 23.2 Å². The van der Waals surface area contributed by atoms with Gasteiger partial charge >= 0.3 is 0 Å². The Hall–Kier alpha value is -0.540. The maximum atomic E-state index is 6.02. The highest BCUT2D eigenvalue weighted by atomic mass is 35.5. The summed E-state index contributed by atoms with van der Waals surface area (Å²) in [5.41, 5.74) is 0. The Morgan fingerprint density at radius 1 is 1.57 bits per heavy atom. The van der Waals surface area contributed by atoms with E-state index >= 15 is 0 Å².